The van der Waals surface area contributed by atoms with E-state index in [9.17, 15) is 30.8 Å². The molecular weight excluding hydrogens is 882 g/mol. The summed E-state index contributed by atoms with van der Waals surface area (Å²) in [5.74, 6) is -8.91. The summed E-state index contributed by atoms with van der Waals surface area (Å²) in [5.41, 5.74) is -1.86. The third kappa shape index (κ3) is 7.39. The number of hydrogen-bond acceptors (Lipinski definition) is 10. The average Bonchev–Trinajstić information content (AvgIpc) is 3.75. The number of aromatic nitrogens is 8. The third-order valence-electron chi connectivity index (χ3n) is 10.9. The van der Waals surface area contributed by atoms with Crippen LogP contribution in [0.2, 0.25) is 5.02 Å². The molecule has 1 saturated carbocycles. The predicted octanol–water partition coefficient (Wildman–Crippen LogP) is 6.48. The van der Waals surface area contributed by atoms with Crippen LogP contribution in [0, 0.1) is 17.6 Å². The van der Waals surface area contributed by atoms with Crippen molar-refractivity contribution < 1.29 is 44.3 Å². The number of aryl methyl sites for hydroxylation is 1. The fraction of sp³-hybridized carbons (Fsp3) is 0.275. The second-order valence-corrected chi connectivity index (χ2v) is 17.4. The van der Waals surface area contributed by atoms with Crippen LogP contribution in [-0.4, -0.2) is 67.0 Å². The number of methoxy groups -OCH3 is 1. The van der Waals surface area contributed by atoms with Gasteiger partial charge in [0.2, 0.25) is 21.8 Å². The van der Waals surface area contributed by atoms with Crippen molar-refractivity contribution in [3.8, 4) is 22.8 Å². The Morgan fingerprint density at radius 2 is 1.78 bits per heavy atom. The first kappa shape index (κ1) is 41.8. The summed E-state index contributed by atoms with van der Waals surface area (Å²) >= 11 is 6.63. The number of amides is 1. The van der Waals surface area contributed by atoms with Crippen LogP contribution < -0.4 is 20.3 Å². The van der Waals surface area contributed by atoms with Gasteiger partial charge in [-0.2, -0.15) is 19.0 Å². The van der Waals surface area contributed by atoms with E-state index in [1.807, 2.05) is 0 Å². The molecule has 326 valence electrons. The zero-order valence-electron chi connectivity index (χ0n) is 32.9. The van der Waals surface area contributed by atoms with Gasteiger partial charge in [0.15, 0.2) is 5.82 Å². The Morgan fingerprint density at radius 1 is 1.03 bits per heavy atom. The van der Waals surface area contributed by atoms with Crippen LogP contribution in [-0.2, 0) is 40.8 Å². The van der Waals surface area contributed by atoms with Crippen LogP contribution in [0.1, 0.15) is 53.1 Å². The fourth-order valence-corrected chi connectivity index (χ4v) is 9.06. The van der Waals surface area contributed by atoms with Crippen LogP contribution in [0.4, 0.5) is 32.2 Å². The Morgan fingerprint density at radius 3 is 2.44 bits per heavy atom. The Hall–Kier alpha value is -6.55. The highest BCUT2D eigenvalue weighted by Crippen LogP contribution is 2.68. The highest BCUT2D eigenvalue weighted by molar-refractivity contribution is 7.92. The highest BCUT2D eigenvalue weighted by Gasteiger charge is 2.67. The molecule has 0 spiro atoms. The summed E-state index contributed by atoms with van der Waals surface area (Å²) < 4.78 is 124. The number of benzene rings is 3. The lowest BCUT2D eigenvalue weighted by molar-refractivity contribution is -0.123. The molecule has 0 unspecified atom stereocenters. The second-order valence-electron chi connectivity index (χ2n) is 15.2. The Bertz CT molecular complexity index is 3200. The number of sulfonamides is 1. The number of carbonyl (C=O) groups excluding carboxylic acids is 1. The SMILES string of the molecule is COc1ccc(-c2ccc3c(=O)n(-c4ccc(Cl)c5c(NS(C)(=O)=O)nn(C)c45)c([C@H](Cc4cc(F)cc(F)c4)NC(=O)Cn4nc(C(F)F)c5c4C(F)(F)[C@@H]4C[C@H]54)nc3c2)nn1. The fourth-order valence-electron chi connectivity index (χ4n) is 8.32. The van der Waals surface area contributed by atoms with Crippen molar-refractivity contribution in [2.75, 3.05) is 18.1 Å². The minimum Gasteiger partial charge on any atom is -0.480 e. The molecule has 4 heterocycles. The minimum absolute atomic E-state index is 0.000425. The van der Waals surface area contributed by atoms with Gasteiger partial charge in [0.05, 0.1) is 57.6 Å². The number of halogens is 7. The zero-order valence-corrected chi connectivity index (χ0v) is 34.4. The molecule has 1 fully saturated rings. The highest BCUT2D eigenvalue weighted by atomic mass is 35.5. The van der Waals surface area contributed by atoms with Crippen LogP contribution >= 0.6 is 11.6 Å². The first-order chi connectivity index (χ1) is 29.8. The van der Waals surface area contributed by atoms with Crippen molar-refractivity contribution in [2.45, 2.75) is 43.7 Å². The summed E-state index contributed by atoms with van der Waals surface area (Å²) in [4.78, 5) is 34.0. The molecule has 2 N–H and O–H groups in total. The van der Waals surface area contributed by atoms with Crippen LogP contribution in [0.25, 0.3) is 38.8 Å². The third-order valence-corrected chi connectivity index (χ3v) is 11.8. The molecule has 0 radical (unpaired) electrons. The predicted molar refractivity (Wildman–Crippen MR) is 216 cm³/mol. The topological polar surface area (TPSA) is 181 Å². The second kappa shape index (κ2) is 15.1. The van der Waals surface area contributed by atoms with E-state index in [1.54, 1.807) is 18.2 Å². The van der Waals surface area contributed by atoms with E-state index in [0.717, 1.165) is 23.0 Å². The number of fused-ring (bicyclic) bond motifs is 5. The molecule has 7 aromatic rings. The van der Waals surface area contributed by atoms with Gasteiger partial charge < -0.3 is 10.1 Å². The lowest BCUT2D eigenvalue weighted by Crippen LogP contribution is -2.38. The standard InChI is InChI=1S/C40H31ClF6N10O5S/c1-55-34-28(8-6-24(41)32(34)37(53-55)54-63(3,60)61)57-38(49-26-13-18(4-5-21(26)39(57)59)25-7-9-30(62-2)51-50-25)27(12-17-10-19(42)14-20(43)11-17)48-29(58)16-56-35-31(33(52-56)36(44)45)22-15-23(22)40(35,46)47/h4-11,13-14,22-23,27,36H,12,15-16H2,1-3H3,(H,48,58)(H,53,54)/t22-,23+,27-/m0/s1. The van der Waals surface area contributed by atoms with Crippen molar-refractivity contribution >= 4 is 55.2 Å². The van der Waals surface area contributed by atoms with E-state index in [1.165, 1.54) is 43.1 Å². The number of ether oxygens (including phenoxy) is 1. The van der Waals surface area contributed by atoms with E-state index in [-0.39, 0.29) is 67.6 Å². The van der Waals surface area contributed by atoms with Gasteiger partial charge in [0, 0.05) is 42.6 Å². The van der Waals surface area contributed by atoms with Gasteiger partial charge in [-0.15, -0.1) is 10.2 Å². The maximum Gasteiger partial charge on any atom is 0.293 e. The van der Waals surface area contributed by atoms with E-state index in [0.29, 0.717) is 22.0 Å². The van der Waals surface area contributed by atoms with Crippen LogP contribution in [0.3, 0.4) is 0 Å². The van der Waals surface area contributed by atoms with E-state index in [4.69, 9.17) is 21.3 Å². The average molecular weight is 913 g/mol. The van der Waals surface area contributed by atoms with Gasteiger partial charge in [-0.25, -0.2) is 31.0 Å². The molecule has 0 bridgehead atoms. The first-order valence-corrected chi connectivity index (χ1v) is 21.2. The molecule has 2 aliphatic rings. The summed E-state index contributed by atoms with van der Waals surface area (Å²) in [6.45, 7) is -0.996. The number of anilines is 1. The number of hydrogen-bond donors (Lipinski definition) is 2. The lowest BCUT2D eigenvalue weighted by atomic mass is 10.0. The van der Waals surface area contributed by atoms with Gasteiger partial charge in [-0.3, -0.25) is 28.2 Å². The molecule has 23 heteroatoms. The Kier molecular flexibility index (Phi) is 9.99. The number of nitrogens with zero attached hydrogens (tertiary/aromatic N) is 8. The van der Waals surface area contributed by atoms with Crippen molar-refractivity contribution in [3.05, 3.63) is 116 Å². The molecule has 15 nitrogen and oxygen atoms in total. The van der Waals surface area contributed by atoms with Gasteiger partial charge in [-0.1, -0.05) is 17.7 Å². The van der Waals surface area contributed by atoms with Crippen molar-refractivity contribution in [2.24, 2.45) is 13.0 Å². The normalized spacial score (nSPS) is 16.9. The molecule has 1 amide bonds. The van der Waals surface area contributed by atoms with Crippen molar-refractivity contribution in [3.63, 3.8) is 0 Å². The number of rotatable bonds is 12. The molecule has 63 heavy (non-hydrogen) atoms. The Balaban J connectivity index is 1.25. The van der Waals surface area contributed by atoms with Gasteiger partial charge in [0.25, 0.3) is 17.9 Å². The van der Waals surface area contributed by atoms with Crippen molar-refractivity contribution in [1.82, 2.24) is 44.6 Å². The number of carbonyl (C=O) groups is 1. The van der Waals surface area contributed by atoms with Crippen LogP contribution in [0.15, 0.2) is 65.5 Å². The molecule has 3 aromatic carbocycles. The lowest BCUT2D eigenvalue weighted by Gasteiger charge is -2.24. The molecule has 0 saturated heterocycles. The quantitative estimate of drug-likeness (QED) is 0.129. The van der Waals surface area contributed by atoms with Crippen molar-refractivity contribution in [1.29, 1.82) is 0 Å². The maximum atomic E-state index is 15.5. The number of alkyl halides is 4. The number of nitrogens with one attached hydrogen (secondary N) is 2. The summed E-state index contributed by atoms with van der Waals surface area (Å²) in [6, 6.07) is 11.5. The minimum atomic E-state index is -3.92. The smallest absolute Gasteiger partial charge is 0.293 e. The molecular formula is C40H31ClF6N10O5S. The Labute approximate surface area is 356 Å². The molecule has 4 aromatic heterocycles. The van der Waals surface area contributed by atoms with E-state index in [2.05, 4.69) is 30.4 Å². The van der Waals surface area contributed by atoms with E-state index >= 15 is 13.6 Å². The van der Waals surface area contributed by atoms with E-state index < -0.39 is 87.7 Å². The van der Waals surface area contributed by atoms with Gasteiger partial charge in [0.1, 0.15) is 35.4 Å². The first-order valence-electron chi connectivity index (χ1n) is 18.9. The monoisotopic (exact) mass is 912 g/mol. The largest absolute Gasteiger partial charge is 0.480 e. The maximum absolute atomic E-state index is 15.5. The summed E-state index contributed by atoms with van der Waals surface area (Å²) in [7, 11) is -1.07. The van der Waals surface area contributed by atoms with Crippen LogP contribution in [0.5, 0.6) is 5.88 Å². The summed E-state index contributed by atoms with van der Waals surface area (Å²) in [5, 5.41) is 18.9. The molecule has 9 rings (SSSR count). The van der Waals surface area contributed by atoms with Gasteiger partial charge in [-0.05, 0) is 60.4 Å². The zero-order chi connectivity index (χ0) is 44.9. The summed E-state index contributed by atoms with van der Waals surface area (Å²) in [6.07, 6.45) is -2.81. The molecule has 0 aliphatic heterocycles. The molecule has 2 aliphatic carbocycles. The molecule has 3 atom stereocenters. The van der Waals surface area contributed by atoms with Gasteiger partial charge >= 0.3 is 0 Å².